The van der Waals surface area contributed by atoms with Crippen molar-refractivity contribution in [3.05, 3.63) is 37.5 Å². The molecule has 0 saturated carbocycles. The fourth-order valence-electron chi connectivity index (χ4n) is 2.84. The molecule has 0 aliphatic heterocycles. The van der Waals surface area contributed by atoms with Crippen molar-refractivity contribution in [2.45, 2.75) is 20.4 Å². The van der Waals surface area contributed by atoms with Gasteiger partial charge in [0.15, 0.2) is 0 Å². The number of hydrogen-bond donors (Lipinski definition) is 0. The van der Waals surface area contributed by atoms with Crippen LogP contribution in [-0.2, 0) is 20.2 Å². The molecule has 2 aromatic heterocycles. The normalized spacial score (nSPS) is 12.5. The molecule has 0 aliphatic carbocycles. The van der Waals surface area contributed by atoms with Gasteiger partial charge in [-0.15, -0.1) is 0 Å². The number of halogens is 1. The molecule has 146 valence electrons. The van der Waals surface area contributed by atoms with E-state index in [0.29, 0.717) is 5.58 Å². The maximum atomic E-state index is 13.0. The van der Waals surface area contributed by atoms with Gasteiger partial charge < -0.3 is 0 Å². The van der Waals surface area contributed by atoms with Crippen LogP contribution >= 0.6 is 23.5 Å². The molecule has 0 radical (unpaired) electrons. The molecule has 0 amide bonds. The molecule has 0 bridgehead atoms. The maximum absolute atomic E-state index is 13.0. The summed E-state index contributed by atoms with van der Waals surface area (Å²) < 4.78 is 32.7. The zero-order valence-corrected chi connectivity index (χ0v) is 19.8. The van der Waals surface area contributed by atoms with Crippen LogP contribution in [0.3, 0.4) is 0 Å². The van der Waals surface area contributed by atoms with Gasteiger partial charge in [-0.2, -0.15) is 0 Å². The van der Waals surface area contributed by atoms with Gasteiger partial charge in [0.2, 0.25) is 0 Å². The molecule has 3 aromatic rings. The Bertz CT molecular complexity index is 1080. The van der Waals surface area contributed by atoms with Crippen LogP contribution in [0.15, 0.2) is 31.9 Å². The van der Waals surface area contributed by atoms with Crippen LogP contribution in [0.5, 0.6) is 0 Å². The average Bonchev–Trinajstić information content (AvgIpc) is 2.90. The number of nitrogens with zero attached hydrogens (tertiary/aromatic N) is 1. The summed E-state index contributed by atoms with van der Waals surface area (Å²) in [5.74, 6) is 0. The fraction of sp³-hybridized carbons (Fsp3) is 0.389. The van der Waals surface area contributed by atoms with Crippen molar-refractivity contribution in [1.82, 2.24) is 4.90 Å². The van der Waals surface area contributed by atoms with E-state index in [9.17, 15) is 9.36 Å². The molecule has 1 aromatic carbocycles. The van der Waals surface area contributed by atoms with Crippen LogP contribution in [0.1, 0.15) is 18.3 Å². The van der Waals surface area contributed by atoms with Crippen molar-refractivity contribution < 1.29 is 18.0 Å². The molecule has 6 nitrogen and oxygen atoms in total. The summed E-state index contributed by atoms with van der Waals surface area (Å²) in [6, 6.07) is 5.46. The Kier molecular flexibility index (Phi) is 6.48. The number of fused-ring (bicyclic) bond motifs is 3. The van der Waals surface area contributed by atoms with E-state index < -0.39 is 13.2 Å². The molecule has 27 heavy (non-hydrogen) atoms. The van der Waals surface area contributed by atoms with Gasteiger partial charge >= 0.3 is 172 Å². The third-order valence-corrected chi connectivity index (χ3v) is 9.99. The van der Waals surface area contributed by atoms with Crippen molar-refractivity contribution >= 4 is 63.9 Å². The van der Waals surface area contributed by atoms with Crippen LogP contribution < -0.4 is 10.9 Å². The van der Waals surface area contributed by atoms with E-state index in [1.54, 1.807) is 19.9 Å². The van der Waals surface area contributed by atoms with Gasteiger partial charge in [-0.05, 0) is 0 Å². The van der Waals surface area contributed by atoms with Crippen molar-refractivity contribution in [2.24, 2.45) is 0 Å². The van der Waals surface area contributed by atoms with E-state index in [1.165, 1.54) is 4.44 Å². The van der Waals surface area contributed by atoms with Crippen LogP contribution in [0.2, 0.25) is 0 Å². The van der Waals surface area contributed by atoms with E-state index >= 15 is 0 Å². The van der Waals surface area contributed by atoms with Crippen molar-refractivity contribution in [3.8, 4) is 0 Å². The van der Waals surface area contributed by atoms with Crippen molar-refractivity contribution in [1.29, 1.82) is 0 Å². The zero-order chi connectivity index (χ0) is 19.8. The molecular weight excluding hydrogens is 500 g/mol. The molecule has 0 N–H and O–H groups in total. The van der Waals surface area contributed by atoms with Crippen LogP contribution in [0.4, 0.5) is 0 Å². The van der Waals surface area contributed by atoms with Crippen LogP contribution in [-0.4, -0.2) is 46.7 Å². The van der Waals surface area contributed by atoms with Gasteiger partial charge in [-0.1, -0.05) is 0 Å². The Hall–Kier alpha value is -0.721. The Balaban J connectivity index is 2.24. The van der Waals surface area contributed by atoms with Crippen LogP contribution in [0.25, 0.3) is 20.6 Å². The van der Waals surface area contributed by atoms with Gasteiger partial charge in [-0.25, -0.2) is 0 Å². The Morgan fingerprint density at radius 3 is 2.48 bits per heavy atom. The molecule has 0 saturated heterocycles. The van der Waals surface area contributed by atoms with Gasteiger partial charge in [0.1, 0.15) is 0 Å². The second-order valence-corrected chi connectivity index (χ2v) is 11.3. The van der Waals surface area contributed by atoms with E-state index in [2.05, 4.69) is 20.8 Å². The minimum absolute atomic E-state index is 0.0406. The Morgan fingerprint density at radius 2 is 1.89 bits per heavy atom. The summed E-state index contributed by atoms with van der Waals surface area (Å²) in [4.78, 5) is 14.8. The molecule has 0 unspecified atom stereocenters. The third kappa shape index (κ3) is 4.03. The molecule has 9 heteroatoms. The first-order valence-corrected chi connectivity index (χ1v) is 12.6. The number of rotatable bonds is 7. The average molecular weight is 521 g/mol. The van der Waals surface area contributed by atoms with Crippen molar-refractivity contribution in [3.63, 3.8) is 0 Å². The van der Waals surface area contributed by atoms with Gasteiger partial charge in [0.05, 0.1) is 0 Å². The minimum atomic E-state index is -3.70. The first-order valence-electron chi connectivity index (χ1n) is 8.52. The predicted molar refractivity (Wildman–Crippen MR) is 113 cm³/mol. The summed E-state index contributed by atoms with van der Waals surface area (Å²) in [7, 11) is 0.343. The molecule has 2 heterocycles. The predicted octanol–water partition coefficient (Wildman–Crippen LogP) is 3.72. The quantitative estimate of drug-likeness (QED) is 0.269. The summed E-state index contributed by atoms with van der Waals surface area (Å²) in [5.41, 5.74) is -0.124. The van der Waals surface area contributed by atoms with Crippen molar-refractivity contribution in [2.75, 3.05) is 27.3 Å². The second kappa shape index (κ2) is 8.34. The Morgan fingerprint density at radius 1 is 1.22 bits per heavy atom. The standard InChI is InChI=1S/C18H21BrNO5PSe/c1-5-23-26(22,24-6-2)13-9-11-7-8-12-15(19)14(10-20(3)4)27-17(12)16(11)25-18(13)21/h7-9H,5-6,10H2,1-4H3. The molecule has 0 atom stereocenters. The van der Waals surface area contributed by atoms with Gasteiger partial charge in [0.25, 0.3) is 0 Å². The zero-order valence-electron chi connectivity index (χ0n) is 15.6. The number of hydrogen-bond acceptors (Lipinski definition) is 6. The first-order chi connectivity index (χ1) is 12.8. The topological polar surface area (TPSA) is 69.0 Å². The second-order valence-electron chi connectivity index (χ2n) is 6.19. The van der Waals surface area contributed by atoms with E-state index in [-0.39, 0.29) is 33.0 Å². The first kappa shape index (κ1) is 21.0. The van der Waals surface area contributed by atoms with E-state index in [0.717, 1.165) is 26.1 Å². The summed E-state index contributed by atoms with van der Waals surface area (Å²) in [5, 5.41) is 1.72. The van der Waals surface area contributed by atoms with Gasteiger partial charge in [-0.3, -0.25) is 0 Å². The molecule has 0 aliphatic rings. The molecular formula is C18H21BrNO5PSe. The molecule has 3 rings (SSSR count). The van der Waals surface area contributed by atoms with Gasteiger partial charge in [0, 0.05) is 0 Å². The number of benzene rings is 1. The third-order valence-electron chi connectivity index (χ3n) is 3.90. The summed E-state index contributed by atoms with van der Waals surface area (Å²) in [6.07, 6.45) is 0. The van der Waals surface area contributed by atoms with Crippen LogP contribution in [0, 0.1) is 0 Å². The van der Waals surface area contributed by atoms with E-state index in [1.807, 2.05) is 26.2 Å². The summed E-state index contributed by atoms with van der Waals surface area (Å²) >= 11 is 3.73. The SMILES string of the molecule is CCOP(=O)(OCC)c1cc2ccc3c(Br)c(CN(C)C)[se]c3c2oc1=O. The molecule has 0 fully saturated rings. The van der Waals surface area contributed by atoms with E-state index in [4.69, 9.17) is 13.5 Å². The summed E-state index contributed by atoms with van der Waals surface area (Å²) in [6.45, 7) is 4.60. The molecule has 0 spiro atoms. The fourth-order valence-corrected chi connectivity index (χ4v) is 8.34. The monoisotopic (exact) mass is 521 g/mol. The Labute approximate surface area is 171 Å².